The zero-order chi connectivity index (χ0) is 23.1. The smallest absolute Gasteiger partial charge is 0.338 e. The Hall–Kier alpha value is -5.00. The molecule has 0 aliphatic heterocycles. The highest BCUT2D eigenvalue weighted by Crippen LogP contribution is 2.19. The van der Waals surface area contributed by atoms with Crippen LogP contribution in [-0.4, -0.2) is 21.7 Å². The molecule has 1 amide bonds. The molecule has 0 unspecified atom stereocenters. The fraction of sp³-hybridized carbons (Fsp3) is 0. The first-order valence-corrected chi connectivity index (χ1v) is 8.86. The number of hydrogen-bond acceptors (Lipinski definition) is 9. The quantitative estimate of drug-likeness (QED) is 0.319. The van der Waals surface area contributed by atoms with Gasteiger partial charge in [0.2, 0.25) is 0 Å². The highest BCUT2D eigenvalue weighted by molar-refractivity contribution is 5.95. The summed E-state index contributed by atoms with van der Waals surface area (Å²) in [6.07, 6.45) is 0. The van der Waals surface area contributed by atoms with Crippen molar-refractivity contribution in [1.82, 2.24) is 0 Å². The predicted octanol–water partition coefficient (Wildman–Crippen LogP) is 4.61. The Balaban J connectivity index is 1.59. The van der Waals surface area contributed by atoms with Crippen molar-refractivity contribution in [3.05, 3.63) is 104 Å². The van der Waals surface area contributed by atoms with Gasteiger partial charge in [0, 0.05) is 24.3 Å². The molecule has 0 aromatic heterocycles. The van der Waals surface area contributed by atoms with E-state index in [0.717, 1.165) is 12.1 Å². The van der Waals surface area contributed by atoms with Gasteiger partial charge in [-0.2, -0.15) is 0 Å². The Labute approximate surface area is 179 Å². The first kappa shape index (κ1) is 21.7. The normalized spacial score (nSPS) is 10.5. The van der Waals surface area contributed by atoms with Gasteiger partial charge in [-0.05, 0) is 36.4 Å². The summed E-state index contributed by atoms with van der Waals surface area (Å²) in [4.78, 5) is 49.3. The molecule has 0 spiro atoms. The summed E-state index contributed by atoms with van der Waals surface area (Å²) in [6, 6.07) is 16.1. The molecule has 3 aromatic rings. The summed E-state index contributed by atoms with van der Waals surface area (Å²) in [5.74, 6) is -1.57. The van der Waals surface area contributed by atoms with Crippen molar-refractivity contribution in [2.24, 2.45) is 10.2 Å². The Bertz CT molecular complexity index is 1230. The summed E-state index contributed by atoms with van der Waals surface area (Å²) in [7, 11) is 0. The molecule has 1 N–H and O–H groups in total. The average Bonchev–Trinajstić information content (AvgIpc) is 2.81. The number of nitro groups is 2. The fourth-order valence-corrected chi connectivity index (χ4v) is 2.42. The van der Waals surface area contributed by atoms with E-state index >= 15 is 0 Å². The Morgan fingerprint density at radius 3 is 1.97 bits per heavy atom. The Morgan fingerprint density at radius 1 is 0.812 bits per heavy atom. The largest absolute Gasteiger partial charge is 0.363 e. The topological polar surface area (TPSA) is 166 Å². The SMILES string of the molecule is O=C(N=Nc1ccc(NOC(=O)c2cccc([N+](=O)[O-])c2)cc1)c1cccc([N+](=O)[O-])c1. The molecule has 0 saturated heterocycles. The lowest BCUT2D eigenvalue weighted by molar-refractivity contribution is -0.385. The maximum atomic E-state index is 12.0. The van der Waals surface area contributed by atoms with E-state index in [0.29, 0.717) is 11.4 Å². The van der Waals surface area contributed by atoms with Crippen LogP contribution in [0, 0.1) is 20.2 Å². The molecule has 0 atom stereocenters. The van der Waals surface area contributed by atoms with Crippen LogP contribution in [-0.2, 0) is 4.84 Å². The first-order valence-electron chi connectivity index (χ1n) is 8.86. The molecule has 12 heteroatoms. The number of benzene rings is 3. The lowest BCUT2D eigenvalue weighted by atomic mass is 10.2. The van der Waals surface area contributed by atoms with Gasteiger partial charge in [-0.25, -0.2) is 10.3 Å². The third-order valence-corrected chi connectivity index (χ3v) is 3.98. The monoisotopic (exact) mass is 435 g/mol. The average molecular weight is 435 g/mol. The number of nitrogens with zero attached hydrogens (tertiary/aromatic N) is 4. The highest BCUT2D eigenvalue weighted by atomic mass is 16.7. The van der Waals surface area contributed by atoms with Crippen LogP contribution in [0.1, 0.15) is 20.7 Å². The molecular formula is C20H13N5O7. The van der Waals surface area contributed by atoms with E-state index in [4.69, 9.17) is 4.84 Å². The summed E-state index contributed by atoms with van der Waals surface area (Å²) in [6.45, 7) is 0. The van der Waals surface area contributed by atoms with Crippen LogP contribution in [0.15, 0.2) is 83.0 Å². The molecule has 0 heterocycles. The number of anilines is 1. The minimum absolute atomic E-state index is 0.00298. The molecule has 12 nitrogen and oxygen atoms in total. The number of nitro benzene ring substituents is 2. The van der Waals surface area contributed by atoms with Crippen molar-refractivity contribution in [2.45, 2.75) is 0 Å². The second-order valence-electron chi connectivity index (χ2n) is 6.16. The maximum Gasteiger partial charge on any atom is 0.363 e. The molecular weight excluding hydrogens is 422 g/mol. The number of carbonyl (C=O) groups is 2. The van der Waals surface area contributed by atoms with Crippen molar-refractivity contribution < 1.29 is 24.3 Å². The second-order valence-corrected chi connectivity index (χ2v) is 6.16. The van der Waals surface area contributed by atoms with Gasteiger partial charge in [0.05, 0.1) is 32.3 Å². The van der Waals surface area contributed by atoms with Crippen LogP contribution in [0.4, 0.5) is 22.7 Å². The minimum Gasteiger partial charge on any atom is -0.338 e. The lowest BCUT2D eigenvalue weighted by Crippen LogP contribution is -2.10. The number of hydrogen-bond donors (Lipinski definition) is 1. The van der Waals surface area contributed by atoms with Crippen molar-refractivity contribution in [1.29, 1.82) is 0 Å². The predicted molar refractivity (Wildman–Crippen MR) is 111 cm³/mol. The van der Waals surface area contributed by atoms with Crippen LogP contribution in [0.3, 0.4) is 0 Å². The van der Waals surface area contributed by atoms with E-state index in [-0.39, 0.29) is 22.5 Å². The van der Waals surface area contributed by atoms with Gasteiger partial charge in [-0.3, -0.25) is 25.0 Å². The van der Waals surface area contributed by atoms with Gasteiger partial charge in [0.15, 0.2) is 0 Å². The van der Waals surface area contributed by atoms with Crippen molar-refractivity contribution in [3.8, 4) is 0 Å². The Morgan fingerprint density at radius 2 is 1.38 bits per heavy atom. The van der Waals surface area contributed by atoms with Crippen LogP contribution in [0.5, 0.6) is 0 Å². The highest BCUT2D eigenvalue weighted by Gasteiger charge is 2.13. The van der Waals surface area contributed by atoms with Crippen LogP contribution >= 0.6 is 0 Å². The Kier molecular flexibility index (Phi) is 6.56. The molecule has 0 aliphatic carbocycles. The van der Waals surface area contributed by atoms with E-state index in [1.54, 1.807) is 0 Å². The zero-order valence-electron chi connectivity index (χ0n) is 16.1. The summed E-state index contributed by atoms with van der Waals surface area (Å²) in [5, 5.41) is 28.9. The molecule has 3 aromatic carbocycles. The third-order valence-electron chi connectivity index (χ3n) is 3.98. The van der Waals surface area contributed by atoms with E-state index < -0.39 is 21.7 Å². The summed E-state index contributed by atoms with van der Waals surface area (Å²) < 4.78 is 0. The fourth-order valence-electron chi connectivity index (χ4n) is 2.42. The van der Waals surface area contributed by atoms with Gasteiger partial charge in [0.1, 0.15) is 0 Å². The molecule has 0 radical (unpaired) electrons. The van der Waals surface area contributed by atoms with E-state index in [1.165, 1.54) is 60.7 Å². The van der Waals surface area contributed by atoms with E-state index in [1.807, 2.05) is 0 Å². The molecule has 0 bridgehead atoms. The first-order chi connectivity index (χ1) is 15.3. The summed E-state index contributed by atoms with van der Waals surface area (Å²) >= 11 is 0. The molecule has 3 rings (SSSR count). The third kappa shape index (κ3) is 5.54. The van der Waals surface area contributed by atoms with Crippen molar-refractivity contribution in [3.63, 3.8) is 0 Å². The standard InChI is InChI=1S/C20H13N5O7/c26-19(13-3-1-5-17(11-13)24(28)29)22-21-15-7-9-16(10-8-15)23-32-20(27)14-4-2-6-18(12-14)25(30)31/h1-12,23H. The van der Waals surface area contributed by atoms with Gasteiger partial charge in [-0.15, -0.1) is 10.2 Å². The van der Waals surface area contributed by atoms with Crippen LogP contribution in [0.25, 0.3) is 0 Å². The van der Waals surface area contributed by atoms with E-state index in [9.17, 15) is 29.8 Å². The van der Waals surface area contributed by atoms with Gasteiger partial charge < -0.3 is 4.84 Å². The van der Waals surface area contributed by atoms with Crippen molar-refractivity contribution in [2.75, 3.05) is 5.48 Å². The van der Waals surface area contributed by atoms with Gasteiger partial charge in [-0.1, -0.05) is 12.1 Å². The molecule has 32 heavy (non-hydrogen) atoms. The second kappa shape index (κ2) is 9.67. The van der Waals surface area contributed by atoms with Crippen molar-refractivity contribution >= 4 is 34.6 Å². The van der Waals surface area contributed by atoms with E-state index in [2.05, 4.69) is 15.7 Å². The number of amides is 1. The number of azo groups is 1. The number of non-ortho nitro benzene ring substituents is 2. The molecule has 0 fully saturated rings. The minimum atomic E-state index is -0.819. The van der Waals surface area contributed by atoms with Crippen LogP contribution in [0.2, 0.25) is 0 Å². The van der Waals surface area contributed by atoms with Gasteiger partial charge in [0.25, 0.3) is 17.3 Å². The van der Waals surface area contributed by atoms with Gasteiger partial charge >= 0.3 is 5.97 Å². The number of rotatable bonds is 7. The molecule has 0 saturated carbocycles. The number of nitrogens with one attached hydrogen (secondary N) is 1. The molecule has 0 aliphatic rings. The maximum absolute atomic E-state index is 12.0. The zero-order valence-corrected chi connectivity index (χ0v) is 16.1. The molecule has 160 valence electrons. The summed E-state index contributed by atoms with van der Waals surface area (Å²) in [5.41, 5.74) is 2.62. The van der Waals surface area contributed by atoms with Crippen LogP contribution < -0.4 is 5.48 Å². The number of carbonyl (C=O) groups excluding carboxylic acids is 2. The lowest BCUT2D eigenvalue weighted by Gasteiger charge is -2.06.